The summed E-state index contributed by atoms with van der Waals surface area (Å²) in [6.45, 7) is 8.82. The van der Waals surface area contributed by atoms with Crippen molar-refractivity contribution in [1.82, 2.24) is 4.57 Å². The number of hydrogen-bond acceptors (Lipinski definition) is 0. The van der Waals surface area contributed by atoms with Crippen LogP contribution in [0.15, 0.2) is 66.7 Å². The summed E-state index contributed by atoms with van der Waals surface area (Å²) in [6, 6.07) is 24.8. The topological polar surface area (TPSA) is 4.93 Å². The quantitative estimate of drug-likeness (QED) is 0.361. The van der Waals surface area contributed by atoms with Gasteiger partial charge in [0.1, 0.15) is 0 Å². The van der Waals surface area contributed by atoms with E-state index in [1.807, 2.05) is 0 Å². The van der Waals surface area contributed by atoms with Crippen molar-refractivity contribution in [3.8, 4) is 5.69 Å². The molecule has 0 saturated heterocycles. The van der Waals surface area contributed by atoms with Gasteiger partial charge in [0, 0.05) is 16.8 Å². The molecule has 4 rings (SSSR count). The Balaban J connectivity index is 1.63. The van der Waals surface area contributed by atoms with Gasteiger partial charge in [0.25, 0.3) is 0 Å². The van der Waals surface area contributed by atoms with Crippen LogP contribution in [0.25, 0.3) is 16.6 Å². The lowest BCUT2D eigenvalue weighted by Gasteiger charge is -2.12. The first-order valence-electron chi connectivity index (χ1n) is 10.3. The molecule has 1 aromatic heterocycles. The second-order valence-corrected chi connectivity index (χ2v) is 7.93. The van der Waals surface area contributed by atoms with Crippen LogP contribution in [-0.2, 0) is 19.3 Å². The summed E-state index contributed by atoms with van der Waals surface area (Å²) in [4.78, 5) is 0. The maximum atomic E-state index is 2.44. The molecule has 0 atom stereocenters. The molecular formula is C27H29N. The number of benzene rings is 3. The maximum Gasteiger partial charge on any atom is 0.0534 e. The monoisotopic (exact) mass is 367 g/mol. The van der Waals surface area contributed by atoms with Gasteiger partial charge in [-0.2, -0.15) is 0 Å². The number of fused-ring (bicyclic) bond motifs is 1. The molecule has 0 radical (unpaired) electrons. The van der Waals surface area contributed by atoms with Gasteiger partial charge in [-0.1, -0.05) is 60.5 Å². The molecular weight excluding hydrogens is 338 g/mol. The van der Waals surface area contributed by atoms with Crippen LogP contribution in [0.4, 0.5) is 0 Å². The highest BCUT2D eigenvalue weighted by Gasteiger charge is 2.14. The standard InChI is InChI=1S/C27H29N/c1-5-26-21(4)25-18-20(3)8-17-27(25)28(26)24-15-13-23(14-16-24)12-11-22-9-6-19(2)7-10-22/h6-10,13-18H,5,11-12H2,1-4H3. The van der Waals surface area contributed by atoms with Crippen LogP contribution >= 0.6 is 0 Å². The van der Waals surface area contributed by atoms with Crippen molar-refractivity contribution in [3.63, 3.8) is 0 Å². The van der Waals surface area contributed by atoms with Crippen LogP contribution in [0.2, 0.25) is 0 Å². The van der Waals surface area contributed by atoms with Crippen molar-refractivity contribution in [2.75, 3.05) is 0 Å². The Hall–Kier alpha value is -2.80. The summed E-state index contributed by atoms with van der Waals surface area (Å²) in [5.41, 5.74) is 10.8. The zero-order valence-corrected chi connectivity index (χ0v) is 17.4. The number of hydrogen-bond donors (Lipinski definition) is 0. The Bertz CT molecular complexity index is 1100. The number of aromatic nitrogens is 1. The van der Waals surface area contributed by atoms with E-state index in [1.54, 1.807) is 0 Å². The number of nitrogens with zero attached hydrogens (tertiary/aromatic N) is 1. The molecule has 0 unspecified atom stereocenters. The molecule has 3 aromatic carbocycles. The molecule has 0 aliphatic rings. The van der Waals surface area contributed by atoms with Crippen LogP contribution < -0.4 is 0 Å². The van der Waals surface area contributed by atoms with Crippen molar-refractivity contribution in [2.45, 2.75) is 47.0 Å². The summed E-state index contributed by atoms with van der Waals surface area (Å²) in [7, 11) is 0. The second-order valence-electron chi connectivity index (χ2n) is 7.93. The highest BCUT2D eigenvalue weighted by Crippen LogP contribution is 2.30. The second kappa shape index (κ2) is 7.67. The third-order valence-electron chi connectivity index (χ3n) is 5.85. The first-order valence-corrected chi connectivity index (χ1v) is 10.3. The van der Waals surface area contributed by atoms with E-state index < -0.39 is 0 Å². The van der Waals surface area contributed by atoms with E-state index in [9.17, 15) is 0 Å². The van der Waals surface area contributed by atoms with E-state index in [1.165, 1.54) is 50.1 Å². The smallest absolute Gasteiger partial charge is 0.0534 e. The first-order chi connectivity index (χ1) is 13.6. The summed E-state index contributed by atoms with van der Waals surface area (Å²) in [5.74, 6) is 0. The largest absolute Gasteiger partial charge is 0.313 e. The Morgan fingerprint density at radius 2 is 1.25 bits per heavy atom. The average Bonchev–Trinajstić information content (AvgIpc) is 2.99. The third kappa shape index (κ3) is 3.49. The predicted octanol–water partition coefficient (Wildman–Crippen LogP) is 6.90. The minimum Gasteiger partial charge on any atom is -0.313 e. The van der Waals surface area contributed by atoms with Crippen molar-refractivity contribution in [3.05, 3.63) is 100 Å². The van der Waals surface area contributed by atoms with Gasteiger partial charge >= 0.3 is 0 Å². The normalized spacial score (nSPS) is 11.3. The molecule has 0 aliphatic heterocycles. The molecule has 0 amide bonds. The van der Waals surface area contributed by atoms with E-state index in [2.05, 4.69) is 99.0 Å². The average molecular weight is 368 g/mol. The first kappa shape index (κ1) is 18.6. The van der Waals surface area contributed by atoms with Crippen LogP contribution in [0, 0.1) is 20.8 Å². The lowest BCUT2D eigenvalue weighted by atomic mass is 10.0. The Kier molecular flexibility index (Phi) is 5.09. The molecule has 0 saturated carbocycles. The SMILES string of the molecule is CCc1c(C)c2cc(C)ccc2n1-c1ccc(CCc2ccc(C)cc2)cc1. The molecule has 1 nitrogen and oxygen atoms in total. The minimum atomic E-state index is 1.04. The van der Waals surface area contributed by atoms with Crippen molar-refractivity contribution in [2.24, 2.45) is 0 Å². The van der Waals surface area contributed by atoms with E-state index in [0.717, 1.165) is 19.3 Å². The molecule has 0 aliphatic carbocycles. The van der Waals surface area contributed by atoms with Gasteiger partial charge in [-0.25, -0.2) is 0 Å². The fourth-order valence-electron chi connectivity index (χ4n) is 4.19. The zero-order valence-electron chi connectivity index (χ0n) is 17.4. The number of aryl methyl sites for hydroxylation is 5. The van der Waals surface area contributed by atoms with Crippen molar-refractivity contribution >= 4 is 10.9 Å². The maximum absolute atomic E-state index is 2.44. The molecule has 0 N–H and O–H groups in total. The van der Waals surface area contributed by atoms with E-state index in [4.69, 9.17) is 0 Å². The van der Waals surface area contributed by atoms with E-state index in [0.29, 0.717) is 0 Å². The van der Waals surface area contributed by atoms with Crippen molar-refractivity contribution < 1.29 is 0 Å². The molecule has 1 heterocycles. The van der Waals surface area contributed by atoms with Crippen LogP contribution in [0.3, 0.4) is 0 Å². The fraction of sp³-hybridized carbons (Fsp3) is 0.259. The molecule has 142 valence electrons. The predicted molar refractivity (Wildman–Crippen MR) is 121 cm³/mol. The van der Waals surface area contributed by atoms with Crippen LogP contribution in [0.1, 0.15) is 40.4 Å². The summed E-state index contributed by atoms with van der Waals surface area (Å²) >= 11 is 0. The summed E-state index contributed by atoms with van der Waals surface area (Å²) in [6.07, 6.45) is 3.20. The Morgan fingerprint density at radius 1 is 0.679 bits per heavy atom. The lowest BCUT2D eigenvalue weighted by molar-refractivity contribution is 0.936. The van der Waals surface area contributed by atoms with Crippen LogP contribution in [-0.4, -0.2) is 4.57 Å². The minimum absolute atomic E-state index is 1.04. The zero-order chi connectivity index (χ0) is 19.7. The van der Waals surface area contributed by atoms with Gasteiger partial charge in [-0.15, -0.1) is 0 Å². The third-order valence-corrected chi connectivity index (χ3v) is 5.85. The number of rotatable bonds is 5. The molecule has 0 bridgehead atoms. The lowest BCUT2D eigenvalue weighted by Crippen LogP contribution is -2.00. The summed E-state index contributed by atoms with van der Waals surface area (Å²) < 4.78 is 2.44. The Morgan fingerprint density at radius 3 is 1.86 bits per heavy atom. The summed E-state index contributed by atoms with van der Waals surface area (Å²) in [5, 5.41) is 1.38. The molecule has 28 heavy (non-hydrogen) atoms. The molecule has 4 aromatic rings. The van der Waals surface area contributed by atoms with Gasteiger partial charge in [0.2, 0.25) is 0 Å². The highest BCUT2D eigenvalue weighted by atomic mass is 15.0. The van der Waals surface area contributed by atoms with Gasteiger partial charge in [-0.3, -0.25) is 0 Å². The molecule has 0 spiro atoms. The van der Waals surface area contributed by atoms with Gasteiger partial charge in [-0.05, 0) is 81.0 Å². The van der Waals surface area contributed by atoms with Crippen LogP contribution in [0.5, 0.6) is 0 Å². The van der Waals surface area contributed by atoms with E-state index in [-0.39, 0.29) is 0 Å². The molecule has 1 heteroatoms. The molecule has 0 fully saturated rings. The fourth-order valence-corrected chi connectivity index (χ4v) is 4.19. The van der Waals surface area contributed by atoms with Crippen molar-refractivity contribution in [1.29, 1.82) is 0 Å². The Labute approximate surface area is 168 Å². The van der Waals surface area contributed by atoms with Gasteiger partial charge in [0.05, 0.1) is 5.52 Å². The highest BCUT2D eigenvalue weighted by molar-refractivity contribution is 5.87. The van der Waals surface area contributed by atoms with Gasteiger partial charge < -0.3 is 4.57 Å². The van der Waals surface area contributed by atoms with E-state index >= 15 is 0 Å². The van der Waals surface area contributed by atoms with Gasteiger partial charge in [0.15, 0.2) is 0 Å².